The third-order valence-corrected chi connectivity index (χ3v) is 8.59. The van der Waals surface area contributed by atoms with E-state index in [9.17, 15) is 15.0 Å². The van der Waals surface area contributed by atoms with Crippen molar-refractivity contribution >= 4 is 5.78 Å². The van der Waals surface area contributed by atoms with Crippen molar-refractivity contribution in [3.05, 3.63) is 77.0 Å². The molecule has 0 bridgehead atoms. The lowest BCUT2D eigenvalue weighted by Gasteiger charge is -2.27. The van der Waals surface area contributed by atoms with E-state index in [1.54, 1.807) is 0 Å². The standard InChI is InChI=1S/C35H52N4O5/c1-3-10-30(42)26-43-33-15-6-5-14-29(33)23-38(19-18-37-16-7-8-17-37)21-27-12-9-13-28(20-27)22-39-35(32(36)11-4-2)31(24-40)34(25-41)44-39/h5-6,9,11-15,20,31,34-35,40-41H,3-4,7-8,10,16-19,21-26,36H2,1-2H3/b32-11-. The van der Waals surface area contributed by atoms with E-state index >= 15 is 0 Å². The number of hydrogen-bond acceptors (Lipinski definition) is 9. The topological polar surface area (TPSA) is 112 Å². The molecule has 2 aromatic carbocycles. The van der Waals surface area contributed by atoms with Crippen molar-refractivity contribution in [2.75, 3.05) is 46.0 Å². The van der Waals surface area contributed by atoms with Gasteiger partial charge < -0.3 is 25.6 Å². The zero-order valence-corrected chi connectivity index (χ0v) is 26.6. The van der Waals surface area contributed by atoms with E-state index in [-0.39, 0.29) is 37.6 Å². The highest BCUT2D eigenvalue weighted by molar-refractivity contribution is 5.79. The number of carbonyl (C=O) groups excluding carboxylic acids is 1. The van der Waals surface area contributed by atoms with E-state index in [2.05, 4.69) is 40.1 Å². The first-order chi connectivity index (χ1) is 21.4. The zero-order chi connectivity index (χ0) is 31.3. The number of carbonyl (C=O) groups is 1. The van der Waals surface area contributed by atoms with Gasteiger partial charge in [-0.1, -0.05) is 62.4 Å². The van der Waals surface area contributed by atoms with Crippen LogP contribution in [0.4, 0.5) is 0 Å². The maximum absolute atomic E-state index is 12.2. The van der Waals surface area contributed by atoms with E-state index in [4.69, 9.17) is 15.3 Å². The molecule has 2 aliphatic rings. The number of ether oxygens (including phenoxy) is 1. The average Bonchev–Trinajstić information content (AvgIpc) is 3.67. The molecule has 9 nitrogen and oxygen atoms in total. The number of Topliss-reactive ketones (excluding diaryl/α,β-unsaturated/α-hetero) is 1. The number of rotatable bonds is 18. The molecule has 0 amide bonds. The molecule has 2 saturated heterocycles. The van der Waals surface area contributed by atoms with Crippen molar-refractivity contribution in [2.24, 2.45) is 11.7 Å². The number of allylic oxidation sites excluding steroid dienone is 1. The Morgan fingerprint density at radius 3 is 2.57 bits per heavy atom. The Kier molecular flexibility index (Phi) is 13.7. The van der Waals surface area contributed by atoms with Crippen LogP contribution < -0.4 is 10.5 Å². The fourth-order valence-electron chi connectivity index (χ4n) is 6.32. The van der Waals surface area contributed by atoms with Crippen molar-refractivity contribution in [1.82, 2.24) is 14.9 Å². The minimum Gasteiger partial charge on any atom is -0.486 e. The number of nitrogens with two attached hydrogens (primary N) is 1. The number of ketones is 1. The molecular formula is C35H52N4O5. The Hall–Kier alpha value is -2.79. The molecule has 4 N–H and O–H groups in total. The molecule has 9 heteroatoms. The van der Waals surface area contributed by atoms with E-state index in [0.717, 1.165) is 62.4 Å². The quantitative estimate of drug-likeness (QED) is 0.232. The number of aliphatic hydroxyl groups excluding tert-OH is 2. The average molecular weight is 609 g/mol. The van der Waals surface area contributed by atoms with Crippen LogP contribution in [-0.2, 0) is 29.3 Å². The lowest BCUT2D eigenvalue weighted by Crippen LogP contribution is -2.38. The Morgan fingerprint density at radius 1 is 1.07 bits per heavy atom. The maximum Gasteiger partial charge on any atom is 0.170 e. The summed E-state index contributed by atoms with van der Waals surface area (Å²) in [7, 11) is 0. The third kappa shape index (κ3) is 9.60. The number of likely N-dealkylation sites (tertiary alicyclic amines) is 1. The summed E-state index contributed by atoms with van der Waals surface area (Å²) < 4.78 is 6.00. The summed E-state index contributed by atoms with van der Waals surface area (Å²) in [5, 5.41) is 21.8. The van der Waals surface area contributed by atoms with Crippen LogP contribution in [-0.4, -0.2) is 89.0 Å². The normalized spacial score (nSPS) is 21.4. The molecule has 4 rings (SSSR count). The number of hydroxylamine groups is 2. The van der Waals surface area contributed by atoms with Gasteiger partial charge in [0.15, 0.2) is 5.78 Å². The summed E-state index contributed by atoms with van der Waals surface area (Å²) in [6, 6.07) is 16.2. The summed E-state index contributed by atoms with van der Waals surface area (Å²) in [5.74, 6) is 0.590. The number of para-hydroxylation sites is 1. The predicted molar refractivity (Wildman–Crippen MR) is 173 cm³/mol. The molecule has 0 aromatic heterocycles. The van der Waals surface area contributed by atoms with Crippen LogP contribution in [0.3, 0.4) is 0 Å². The molecule has 2 aromatic rings. The minimum absolute atomic E-state index is 0.104. The molecule has 2 fully saturated rings. The number of aliphatic hydroxyl groups is 2. The minimum atomic E-state index is -0.502. The fourth-order valence-corrected chi connectivity index (χ4v) is 6.32. The highest BCUT2D eigenvalue weighted by atomic mass is 16.7. The van der Waals surface area contributed by atoms with Gasteiger partial charge in [0, 0.05) is 56.3 Å². The first-order valence-corrected chi connectivity index (χ1v) is 16.3. The lowest BCUT2D eigenvalue weighted by molar-refractivity contribution is -0.173. The largest absolute Gasteiger partial charge is 0.486 e. The van der Waals surface area contributed by atoms with Gasteiger partial charge in [0.25, 0.3) is 0 Å². The van der Waals surface area contributed by atoms with Gasteiger partial charge in [-0.3, -0.25) is 14.5 Å². The van der Waals surface area contributed by atoms with Crippen molar-refractivity contribution in [3.63, 3.8) is 0 Å². The van der Waals surface area contributed by atoms with Gasteiger partial charge in [0.1, 0.15) is 18.5 Å². The summed E-state index contributed by atoms with van der Waals surface area (Å²) in [4.78, 5) is 23.3. The lowest BCUT2D eigenvalue weighted by atomic mass is 9.93. The Balaban J connectivity index is 1.50. The van der Waals surface area contributed by atoms with Crippen LogP contribution >= 0.6 is 0 Å². The van der Waals surface area contributed by atoms with Crippen LogP contribution in [0.1, 0.15) is 62.6 Å². The molecule has 0 radical (unpaired) electrons. The highest BCUT2D eigenvalue weighted by Gasteiger charge is 2.43. The Bertz CT molecular complexity index is 1200. The second-order valence-electron chi connectivity index (χ2n) is 12.1. The molecule has 0 aliphatic carbocycles. The van der Waals surface area contributed by atoms with Crippen LogP contribution in [0.5, 0.6) is 5.75 Å². The zero-order valence-electron chi connectivity index (χ0n) is 26.6. The number of benzene rings is 2. The van der Waals surface area contributed by atoms with Gasteiger partial charge in [0.2, 0.25) is 0 Å². The summed E-state index contributed by atoms with van der Waals surface area (Å²) in [6.07, 6.45) is 6.12. The molecule has 2 aliphatic heterocycles. The molecule has 2 heterocycles. The molecule has 44 heavy (non-hydrogen) atoms. The molecular weight excluding hydrogens is 556 g/mol. The van der Waals surface area contributed by atoms with Crippen molar-refractivity contribution in [1.29, 1.82) is 0 Å². The smallest absolute Gasteiger partial charge is 0.170 e. The van der Waals surface area contributed by atoms with E-state index < -0.39 is 6.10 Å². The molecule has 3 unspecified atom stereocenters. The number of hydrogen-bond donors (Lipinski definition) is 3. The second-order valence-corrected chi connectivity index (χ2v) is 12.1. The van der Waals surface area contributed by atoms with Crippen molar-refractivity contribution in [2.45, 2.75) is 77.7 Å². The predicted octanol–water partition coefficient (Wildman–Crippen LogP) is 3.87. The SMILES string of the molecule is CC/C=C(\N)C1C(CO)C(CO)ON1Cc1cccc(CN(CCN2CCCC2)Cc2ccccc2OCC(=O)CCC)c1. The van der Waals surface area contributed by atoms with E-state index in [1.807, 2.05) is 43.2 Å². The maximum atomic E-state index is 12.2. The van der Waals surface area contributed by atoms with Crippen molar-refractivity contribution < 1.29 is 24.6 Å². The van der Waals surface area contributed by atoms with Crippen LogP contribution in [0.2, 0.25) is 0 Å². The Labute approximate surface area is 263 Å². The first kappa shape index (κ1) is 34.1. The number of nitrogens with zero attached hydrogens (tertiary/aromatic N) is 3. The fraction of sp³-hybridized carbons (Fsp3) is 0.571. The third-order valence-electron chi connectivity index (χ3n) is 8.59. The molecule has 3 atom stereocenters. The molecule has 0 spiro atoms. The highest BCUT2D eigenvalue weighted by Crippen LogP contribution is 2.32. The Morgan fingerprint density at radius 2 is 1.84 bits per heavy atom. The van der Waals surface area contributed by atoms with E-state index in [1.165, 1.54) is 18.4 Å². The van der Waals surface area contributed by atoms with Gasteiger partial charge in [-0.2, -0.15) is 5.06 Å². The molecule has 0 saturated carbocycles. The van der Waals surface area contributed by atoms with Gasteiger partial charge in [-0.25, -0.2) is 0 Å². The van der Waals surface area contributed by atoms with Crippen molar-refractivity contribution in [3.8, 4) is 5.75 Å². The van der Waals surface area contributed by atoms with Gasteiger partial charge in [-0.15, -0.1) is 0 Å². The summed E-state index contributed by atoms with van der Waals surface area (Å²) in [6.45, 7) is 10.0. The van der Waals surface area contributed by atoms with Crippen LogP contribution in [0, 0.1) is 5.92 Å². The molecule has 242 valence electrons. The van der Waals surface area contributed by atoms with Gasteiger partial charge >= 0.3 is 0 Å². The summed E-state index contributed by atoms with van der Waals surface area (Å²) >= 11 is 0. The van der Waals surface area contributed by atoms with Crippen LogP contribution in [0.25, 0.3) is 0 Å². The van der Waals surface area contributed by atoms with Gasteiger partial charge in [0.05, 0.1) is 19.3 Å². The first-order valence-electron chi connectivity index (χ1n) is 16.3. The second kappa shape index (κ2) is 17.6. The monoisotopic (exact) mass is 608 g/mol. The summed E-state index contributed by atoms with van der Waals surface area (Å²) in [5.41, 5.74) is 10.4. The van der Waals surface area contributed by atoms with Crippen LogP contribution in [0.15, 0.2) is 60.3 Å². The van der Waals surface area contributed by atoms with Gasteiger partial charge in [-0.05, 0) is 56.0 Å². The van der Waals surface area contributed by atoms with E-state index in [0.29, 0.717) is 25.2 Å².